The Hall–Kier alpha value is 0.180. The molecule has 0 saturated heterocycles. The van der Waals surface area contributed by atoms with E-state index >= 15 is 0 Å². The average molecular weight is 320 g/mol. The summed E-state index contributed by atoms with van der Waals surface area (Å²) in [6, 6.07) is 4.60. The van der Waals surface area contributed by atoms with Gasteiger partial charge in [-0.2, -0.15) is 0 Å². The normalized spacial score (nSPS) is 11.0. The molecule has 0 radical (unpaired) electrons. The molecule has 0 unspecified atom stereocenters. The molecule has 0 atom stereocenters. The predicted octanol–water partition coefficient (Wildman–Crippen LogP) is 4.49. The molecular weight excluding hydrogens is 304 g/mol. The zero-order valence-electron chi connectivity index (χ0n) is 8.90. The first-order valence-electron chi connectivity index (χ1n) is 4.79. The van der Waals surface area contributed by atoms with Crippen molar-refractivity contribution < 1.29 is 0 Å². The van der Waals surface area contributed by atoms with Crippen LogP contribution in [-0.4, -0.2) is 10.7 Å². The van der Waals surface area contributed by atoms with Gasteiger partial charge in [0.2, 0.25) is 0 Å². The van der Waals surface area contributed by atoms with Crippen molar-refractivity contribution in [1.29, 1.82) is 0 Å². The maximum Gasteiger partial charge on any atom is 0.0108 e. The third-order valence-corrected chi connectivity index (χ3v) is 4.26. The maximum atomic E-state index is 3.56. The summed E-state index contributed by atoms with van der Waals surface area (Å²) in [5.41, 5.74) is 5.63. The van der Waals surface area contributed by atoms with E-state index in [1.807, 2.05) is 0 Å². The molecule has 14 heavy (non-hydrogen) atoms. The first-order valence-corrected chi connectivity index (χ1v) is 7.04. The number of hydrogen-bond donors (Lipinski definition) is 0. The Morgan fingerprint density at radius 3 is 1.93 bits per heavy atom. The molecule has 0 spiro atoms. The van der Waals surface area contributed by atoms with Crippen LogP contribution >= 0.6 is 31.9 Å². The summed E-state index contributed by atoms with van der Waals surface area (Å²) < 4.78 is 0. The van der Waals surface area contributed by atoms with E-state index in [9.17, 15) is 0 Å². The summed E-state index contributed by atoms with van der Waals surface area (Å²) in [4.78, 5) is 0. The van der Waals surface area contributed by atoms with Gasteiger partial charge in [0.15, 0.2) is 0 Å². The van der Waals surface area contributed by atoms with E-state index in [0.29, 0.717) is 5.92 Å². The minimum Gasteiger partial charge on any atom is -0.0921 e. The molecule has 0 N–H and O–H groups in total. The summed E-state index contributed by atoms with van der Waals surface area (Å²) in [5.74, 6) is 0.578. The van der Waals surface area contributed by atoms with E-state index in [4.69, 9.17) is 0 Å². The summed E-state index contributed by atoms with van der Waals surface area (Å²) in [6.45, 7) is 6.54. The van der Waals surface area contributed by atoms with Gasteiger partial charge in [-0.25, -0.2) is 0 Å². The lowest BCUT2D eigenvalue weighted by molar-refractivity contribution is 0.893. The third kappa shape index (κ3) is 2.60. The highest BCUT2D eigenvalue weighted by Gasteiger charge is 2.12. The fraction of sp³-hybridized carbons (Fsp3) is 0.500. The van der Waals surface area contributed by atoms with Crippen molar-refractivity contribution in [1.82, 2.24) is 0 Å². The first-order chi connectivity index (χ1) is 6.60. The molecule has 0 saturated carbocycles. The molecule has 0 nitrogen and oxygen atoms in total. The van der Waals surface area contributed by atoms with E-state index < -0.39 is 0 Å². The monoisotopic (exact) mass is 318 g/mol. The van der Waals surface area contributed by atoms with E-state index in [1.165, 1.54) is 22.3 Å². The van der Waals surface area contributed by atoms with Crippen LogP contribution in [0.5, 0.6) is 0 Å². The highest BCUT2D eigenvalue weighted by atomic mass is 79.9. The van der Waals surface area contributed by atoms with Gasteiger partial charge in [0.1, 0.15) is 0 Å². The Morgan fingerprint density at radius 1 is 0.929 bits per heavy atom. The summed E-state index contributed by atoms with van der Waals surface area (Å²) >= 11 is 7.12. The Kier molecular flexibility index (Phi) is 4.65. The van der Waals surface area contributed by atoms with Crippen molar-refractivity contribution in [2.75, 3.05) is 10.7 Å². The molecule has 0 bridgehead atoms. The van der Waals surface area contributed by atoms with Crippen molar-refractivity contribution in [2.45, 2.75) is 26.7 Å². The lowest BCUT2D eigenvalue weighted by Crippen LogP contribution is -2.05. The average Bonchev–Trinajstić information content (AvgIpc) is 2.15. The highest BCUT2D eigenvalue weighted by Crippen LogP contribution is 2.26. The topological polar surface area (TPSA) is 0 Å². The van der Waals surface area contributed by atoms with Gasteiger partial charge in [0, 0.05) is 16.6 Å². The quantitative estimate of drug-likeness (QED) is 0.720. The fourth-order valence-corrected chi connectivity index (χ4v) is 3.40. The van der Waals surface area contributed by atoms with E-state index in [1.54, 1.807) is 0 Å². The Bertz CT molecular complexity index is 314. The molecule has 1 aromatic rings. The van der Waals surface area contributed by atoms with Gasteiger partial charge in [-0.3, -0.25) is 0 Å². The minimum absolute atomic E-state index is 0.578. The van der Waals surface area contributed by atoms with Gasteiger partial charge in [0.05, 0.1) is 0 Å². The van der Waals surface area contributed by atoms with Gasteiger partial charge in [0.25, 0.3) is 0 Å². The standard InChI is InChI=1S/C12H16Br2/c1-8-4-10(3)12(5-9(8)2)11(6-13)7-14/h4-5,11H,6-7H2,1-3H3. The summed E-state index contributed by atoms with van der Waals surface area (Å²) in [7, 11) is 0. The molecule has 1 rings (SSSR count). The van der Waals surface area contributed by atoms with E-state index in [-0.39, 0.29) is 0 Å². The van der Waals surface area contributed by atoms with Gasteiger partial charge < -0.3 is 0 Å². The number of benzene rings is 1. The van der Waals surface area contributed by atoms with Crippen LogP contribution in [0.2, 0.25) is 0 Å². The highest BCUT2D eigenvalue weighted by molar-refractivity contribution is 9.09. The molecule has 0 heterocycles. The zero-order chi connectivity index (χ0) is 10.7. The van der Waals surface area contributed by atoms with Crippen LogP contribution in [0.3, 0.4) is 0 Å². The smallest absolute Gasteiger partial charge is 0.0108 e. The molecule has 78 valence electrons. The van der Waals surface area contributed by atoms with E-state index in [0.717, 1.165) is 10.7 Å². The second-order valence-electron chi connectivity index (χ2n) is 3.80. The maximum absolute atomic E-state index is 3.56. The second-order valence-corrected chi connectivity index (χ2v) is 5.09. The second kappa shape index (κ2) is 5.32. The predicted molar refractivity (Wildman–Crippen MR) is 71.0 cm³/mol. The number of rotatable bonds is 3. The van der Waals surface area contributed by atoms with Crippen LogP contribution in [0.4, 0.5) is 0 Å². The SMILES string of the molecule is Cc1cc(C)c(C(CBr)CBr)cc1C. The van der Waals surface area contributed by atoms with E-state index in [2.05, 4.69) is 64.8 Å². The third-order valence-electron chi connectivity index (χ3n) is 2.69. The van der Waals surface area contributed by atoms with Crippen molar-refractivity contribution >= 4 is 31.9 Å². The van der Waals surface area contributed by atoms with Crippen molar-refractivity contribution in [3.8, 4) is 0 Å². The molecule has 0 amide bonds. The molecule has 1 aromatic carbocycles. The molecule has 0 aliphatic heterocycles. The van der Waals surface area contributed by atoms with Crippen LogP contribution in [0, 0.1) is 20.8 Å². The van der Waals surface area contributed by atoms with Crippen LogP contribution in [0.1, 0.15) is 28.2 Å². The van der Waals surface area contributed by atoms with Crippen LogP contribution in [0.15, 0.2) is 12.1 Å². The largest absolute Gasteiger partial charge is 0.0921 e. The van der Waals surface area contributed by atoms with Crippen molar-refractivity contribution in [3.63, 3.8) is 0 Å². The first kappa shape index (κ1) is 12.3. The number of aryl methyl sites for hydroxylation is 3. The summed E-state index contributed by atoms with van der Waals surface area (Å²) in [5, 5.41) is 2.03. The number of hydrogen-bond acceptors (Lipinski definition) is 0. The van der Waals surface area contributed by atoms with Gasteiger partial charge in [-0.05, 0) is 43.0 Å². The lowest BCUT2D eigenvalue weighted by Gasteiger charge is -2.16. The Labute approximate surface area is 103 Å². The molecule has 0 fully saturated rings. The Morgan fingerprint density at radius 2 is 1.43 bits per heavy atom. The fourth-order valence-electron chi connectivity index (χ4n) is 1.63. The molecule has 0 aliphatic carbocycles. The summed E-state index contributed by atoms with van der Waals surface area (Å²) in [6.07, 6.45) is 0. The number of halogens is 2. The van der Waals surface area contributed by atoms with Gasteiger partial charge in [-0.15, -0.1) is 0 Å². The number of alkyl halides is 2. The lowest BCUT2D eigenvalue weighted by atomic mass is 9.93. The Balaban J connectivity index is 3.14. The van der Waals surface area contributed by atoms with Crippen LogP contribution in [-0.2, 0) is 0 Å². The van der Waals surface area contributed by atoms with Crippen LogP contribution < -0.4 is 0 Å². The van der Waals surface area contributed by atoms with Gasteiger partial charge >= 0.3 is 0 Å². The molecular formula is C12H16Br2. The minimum atomic E-state index is 0.578. The molecule has 0 aliphatic rings. The molecule has 0 aromatic heterocycles. The zero-order valence-corrected chi connectivity index (χ0v) is 12.1. The van der Waals surface area contributed by atoms with Crippen molar-refractivity contribution in [2.24, 2.45) is 0 Å². The van der Waals surface area contributed by atoms with Crippen molar-refractivity contribution in [3.05, 3.63) is 34.4 Å². The molecule has 2 heteroatoms. The van der Waals surface area contributed by atoms with Crippen LogP contribution in [0.25, 0.3) is 0 Å². The van der Waals surface area contributed by atoms with Gasteiger partial charge in [-0.1, -0.05) is 44.0 Å².